The van der Waals surface area contributed by atoms with E-state index < -0.39 is 28.5 Å². The van der Waals surface area contributed by atoms with Crippen LogP contribution >= 0.6 is 23.2 Å². The second-order valence-electron chi connectivity index (χ2n) is 10.6. The zero-order valence-corrected chi connectivity index (χ0v) is 25.8. The maximum Gasteiger partial charge on any atom is 0.264 e. The van der Waals surface area contributed by atoms with Crippen LogP contribution in [0.1, 0.15) is 49.3 Å². The van der Waals surface area contributed by atoms with Crippen molar-refractivity contribution in [3.05, 3.63) is 93.5 Å². The molecule has 1 fully saturated rings. The highest BCUT2D eigenvalue weighted by molar-refractivity contribution is 7.92. The van der Waals surface area contributed by atoms with Gasteiger partial charge in [0.05, 0.1) is 20.6 Å². The number of halogens is 2. The van der Waals surface area contributed by atoms with Crippen LogP contribution in [0.4, 0.5) is 5.69 Å². The summed E-state index contributed by atoms with van der Waals surface area (Å²) in [7, 11) is -4.19. The lowest BCUT2D eigenvalue weighted by Gasteiger charge is -2.32. The fraction of sp³-hybridized carbons (Fsp3) is 0.355. The second kappa shape index (κ2) is 13.3. The SMILES string of the molecule is Cc1ccc(S(=O)(=O)N(CC(=O)N(Cc2cccc(C)c2)[C@@H](C)C(=O)NC2CCCC2)c2ccc(Cl)c(Cl)c2)cc1. The number of hydrogen-bond donors (Lipinski definition) is 1. The molecule has 0 heterocycles. The third-order valence-corrected chi connectivity index (χ3v) is 9.91. The Balaban J connectivity index is 1.70. The molecule has 218 valence electrons. The molecular weight excluding hydrogens is 581 g/mol. The first kappa shape index (κ1) is 30.9. The molecule has 0 spiro atoms. The largest absolute Gasteiger partial charge is 0.352 e. The Bertz CT molecular complexity index is 1510. The molecule has 41 heavy (non-hydrogen) atoms. The number of carbonyl (C=O) groups is 2. The van der Waals surface area contributed by atoms with Crippen LogP contribution in [0.2, 0.25) is 10.0 Å². The van der Waals surface area contributed by atoms with Gasteiger partial charge in [-0.05, 0) is 69.5 Å². The van der Waals surface area contributed by atoms with E-state index in [4.69, 9.17) is 23.2 Å². The van der Waals surface area contributed by atoms with Gasteiger partial charge in [-0.2, -0.15) is 0 Å². The first-order valence-corrected chi connectivity index (χ1v) is 15.8. The predicted molar refractivity (Wildman–Crippen MR) is 164 cm³/mol. The van der Waals surface area contributed by atoms with Crippen molar-refractivity contribution in [1.82, 2.24) is 10.2 Å². The quantitative estimate of drug-likeness (QED) is 0.291. The van der Waals surface area contributed by atoms with Gasteiger partial charge in [0, 0.05) is 12.6 Å². The van der Waals surface area contributed by atoms with Gasteiger partial charge in [0.25, 0.3) is 10.0 Å². The number of sulfonamides is 1. The van der Waals surface area contributed by atoms with E-state index in [-0.39, 0.29) is 39.1 Å². The standard InChI is InChI=1S/C31H35Cl2N3O4S/c1-21-11-14-27(15-12-21)41(39,40)36(26-13-16-28(32)29(33)18-26)20-30(37)35(19-24-8-6-7-22(2)17-24)23(3)31(38)34-25-9-4-5-10-25/h6-8,11-18,23,25H,4-5,9-10,19-20H2,1-3H3,(H,34,38)/t23-/m0/s1. The fourth-order valence-electron chi connectivity index (χ4n) is 4.99. The van der Waals surface area contributed by atoms with Crippen molar-refractivity contribution in [2.75, 3.05) is 10.8 Å². The number of hydrogen-bond acceptors (Lipinski definition) is 4. The zero-order valence-electron chi connectivity index (χ0n) is 23.4. The van der Waals surface area contributed by atoms with Crippen molar-refractivity contribution in [1.29, 1.82) is 0 Å². The molecule has 1 N–H and O–H groups in total. The van der Waals surface area contributed by atoms with Gasteiger partial charge in [0.2, 0.25) is 11.8 Å². The van der Waals surface area contributed by atoms with Gasteiger partial charge < -0.3 is 10.2 Å². The Morgan fingerprint density at radius 1 is 0.927 bits per heavy atom. The van der Waals surface area contributed by atoms with Crippen molar-refractivity contribution < 1.29 is 18.0 Å². The number of benzene rings is 3. The first-order valence-electron chi connectivity index (χ1n) is 13.7. The van der Waals surface area contributed by atoms with E-state index in [1.807, 2.05) is 38.1 Å². The molecule has 1 saturated carbocycles. The van der Waals surface area contributed by atoms with Gasteiger partial charge in [0.1, 0.15) is 12.6 Å². The van der Waals surface area contributed by atoms with Crippen molar-refractivity contribution in [3.8, 4) is 0 Å². The molecular formula is C31H35Cl2N3O4S. The van der Waals surface area contributed by atoms with E-state index in [0.717, 1.165) is 46.7 Å². The smallest absolute Gasteiger partial charge is 0.264 e. The summed E-state index contributed by atoms with van der Waals surface area (Å²) >= 11 is 12.4. The number of nitrogens with one attached hydrogen (secondary N) is 1. The highest BCUT2D eigenvalue weighted by Gasteiger charge is 2.33. The Hall–Kier alpha value is -3.07. The van der Waals surface area contributed by atoms with Crippen LogP contribution in [0.3, 0.4) is 0 Å². The number of anilines is 1. The normalized spacial score (nSPS) is 14.5. The predicted octanol–water partition coefficient (Wildman–Crippen LogP) is 6.28. The number of aryl methyl sites for hydroxylation is 2. The number of rotatable bonds is 10. The lowest BCUT2D eigenvalue weighted by Crippen LogP contribution is -2.52. The highest BCUT2D eigenvalue weighted by atomic mass is 35.5. The van der Waals surface area contributed by atoms with Crippen LogP contribution in [-0.2, 0) is 26.2 Å². The second-order valence-corrected chi connectivity index (χ2v) is 13.3. The molecule has 0 saturated heterocycles. The maximum atomic E-state index is 14.1. The summed E-state index contributed by atoms with van der Waals surface area (Å²) in [6, 6.07) is 17.7. The van der Waals surface area contributed by atoms with Gasteiger partial charge in [-0.15, -0.1) is 0 Å². The summed E-state index contributed by atoms with van der Waals surface area (Å²) in [6.45, 7) is 5.08. The minimum Gasteiger partial charge on any atom is -0.352 e. The van der Waals surface area contributed by atoms with Gasteiger partial charge >= 0.3 is 0 Å². The van der Waals surface area contributed by atoms with E-state index in [9.17, 15) is 18.0 Å². The zero-order chi connectivity index (χ0) is 29.7. The van der Waals surface area contributed by atoms with Crippen LogP contribution in [0.25, 0.3) is 0 Å². The van der Waals surface area contributed by atoms with Gasteiger partial charge in [-0.1, -0.05) is 83.6 Å². The molecule has 0 unspecified atom stereocenters. The van der Waals surface area contributed by atoms with Crippen LogP contribution in [0.15, 0.2) is 71.6 Å². The van der Waals surface area contributed by atoms with Crippen LogP contribution in [0.5, 0.6) is 0 Å². The summed E-state index contributed by atoms with van der Waals surface area (Å²) in [4.78, 5) is 28.9. The first-order chi connectivity index (χ1) is 19.5. The van der Waals surface area contributed by atoms with Crippen LogP contribution < -0.4 is 9.62 Å². The van der Waals surface area contributed by atoms with E-state index >= 15 is 0 Å². The van der Waals surface area contributed by atoms with Crippen LogP contribution in [0, 0.1) is 13.8 Å². The van der Waals surface area contributed by atoms with E-state index in [2.05, 4.69) is 5.32 Å². The maximum absolute atomic E-state index is 14.1. The molecule has 0 radical (unpaired) electrons. The Kier molecular flexibility index (Phi) is 10.00. The summed E-state index contributed by atoms with van der Waals surface area (Å²) in [5.41, 5.74) is 2.93. The van der Waals surface area contributed by atoms with Gasteiger partial charge in [0.15, 0.2) is 0 Å². The van der Waals surface area contributed by atoms with Crippen molar-refractivity contribution in [2.24, 2.45) is 0 Å². The van der Waals surface area contributed by atoms with Crippen molar-refractivity contribution >= 4 is 50.7 Å². The summed E-state index contributed by atoms with van der Waals surface area (Å²) in [6.07, 6.45) is 3.93. The van der Waals surface area contributed by atoms with E-state index in [1.165, 1.54) is 35.2 Å². The Labute approximate surface area is 252 Å². The van der Waals surface area contributed by atoms with Crippen molar-refractivity contribution in [3.63, 3.8) is 0 Å². The van der Waals surface area contributed by atoms with E-state index in [0.29, 0.717) is 0 Å². The number of nitrogens with zero attached hydrogens (tertiary/aromatic N) is 2. The van der Waals surface area contributed by atoms with Crippen LogP contribution in [-0.4, -0.2) is 43.8 Å². The molecule has 1 atom stereocenters. The van der Waals surface area contributed by atoms with Gasteiger partial charge in [-0.25, -0.2) is 8.42 Å². The van der Waals surface area contributed by atoms with Crippen molar-refractivity contribution in [2.45, 2.75) is 70.0 Å². The number of amides is 2. The third kappa shape index (κ3) is 7.61. The molecule has 3 aromatic carbocycles. The minimum absolute atomic E-state index is 0.0271. The summed E-state index contributed by atoms with van der Waals surface area (Å²) in [5.74, 6) is -0.789. The molecule has 0 aliphatic heterocycles. The summed E-state index contributed by atoms with van der Waals surface area (Å²) < 4.78 is 28.9. The average molecular weight is 617 g/mol. The molecule has 1 aliphatic carbocycles. The molecule has 0 aromatic heterocycles. The molecule has 10 heteroatoms. The molecule has 4 rings (SSSR count). The Morgan fingerprint density at radius 2 is 1.61 bits per heavy atom. The molecule has 3 aromatic rings. The monoisotopic (exact) mass is 615 g/mol. The third-order valence-electron chi connectivity index (χ3n) is 7.38. The Morgan fingerprint density at radius 3 is 2.24 bits per heavy atom. The highest BCUT2D eigenvalue weighted by Crippen LogP contribution is 2.31. The minimum atomic E-state index is -4.19. The average Bonchev–Trinajstić information content (AvgIpc) is 3.44. The molecule has 0 bridgehead atoms. The topological polar surface area (TPSA) is 86.8 Å². The molecule has 1 aliphatic rings. The molecule has 7 nitrogen and oxygen atoms in total. The van der Waals surface area contributed by atoms with Gasteiger partial charge in [-0.3, -0.25) is 13.9 Å². The van der Waals surface area contributed by atoms with E-state index in [1.54, 1.807) is 19.1 Å². The lowest BCUT2D eigenvalue weighted by atomic mass is 10.1. The summed E-state index contributed by atoms with van der Waals surface area (Å²) in [5, 5.41) is 3.49. The number of carbonyl (C=O) groups excluding carboxylic acids is 2. The lowest BCUT2D eigenvalue weighted by molar-refractivity contribution is -0.139. The molecule has 2 amide bonds. The fourth-order valence-corrected chi connectivity index (χ4v) is 6.69.